The van der Waals surface area contributed by atoms with Crippen LogP contribution in [0.2, 0.25) is 0 Å². The van der Waals surface area contributed by atoms with Gasteiger partial charge >= 0.3 is 5.97 Å². The maximum atomic E-state index is 14.5. The predicted molar refractivity (Wildman–Crippen MR) is 225 cm³/mol. The number of phenols is 1. The van der Waals surface area contributed by atoms with Crippen LogP contribution in [0.25, 0.3) is 33.3 Å². The maximum Gasteiger partial charge on any atom is 0.324 e. The smallest absolute Gasteiger partial charge is 0.324 e. The molecule has 4 aromatic rings. The van der Waals surface area contributed by atoms with Crippen molar-refractivity contribution in [1.82, 2.24) is 30.2 Å². The van der Waals surface area contributed by atoms with E-state index in [1.165, 1.54) is 5.01 Å². The number of hydrogen-bond donors (Lipinski definition) is 3. The van der Waals surface area contributed by atoms with Gasteiger partial charge in [0.25, 0.3) is 5.91 Å². The molecule has 2 aromatic carbocycles. The van der Waals surface area contributed by atoms with Gasteiger partial charge in [0.05, 0.1) is 18.9 Å². The highest BCUT2D eigenvalue weighted by Gasteiger charge is 2.39. The Balaban J connectivity index is 1.36. The van der Waals surface area contributed by atoms with Crippen molar-refractivity contribution >= 4 is 34.6 Å². The Kier molecular flexibility index (Phi) is 12.4. The van der Waals surface area contributed by atoms with Gasteiger partial charge in [-0.3, -0.25) is 29.2 Å². The summed E-state index contributed by atoms with van der Waals surface area (Å²) < 4.78 is 14.0. The highest BCUT2D eigenvalue weighted by molar-refractivity contribution is 5.96. The second-order valence-corrected chi connectivity index (χ2v) is 17.4. The molecule has 6 bridgehead atoms. The molecule has 3 atom stereocenters. The van der Waals surface area contributed by atoms with E-state index in [1.54, 1.807) is 30.3 Å². The molecule has 2 aromatic heterocycles. The summed E-state index contributed by atoms with van der Waals surface area (Å²) in [5.74, 6) is -1.54. The summed E-state index contributed by atoms with van der Waals surface area (Å²) in [6.07, 6.45) is 7.27. The second kappa shape index (κ2) is 17.5. The molecule has 0 spiro atoms. The minimum absolute atomic E-state index is 0.0233. The number of hydrazine groups is 1. The second-order valence-electron chi connectivity index (χ2n) is 17.4. The molecule has 314 valence electrons. The quantitative estimate of drug-likeness (QED) is 0.184. The number of methoxy groups -OCH3 is 1. The van der Waals surface area contributed by atoms with Crippen LogP contribution >= 0.6 is 0 Å². The van der Waals surface area contributed by atoms with Crippen molar-refractivity contribution < 1.29 is 33.8 Å². The van der Waals surface area contributed by atoms with Gasteiger partial charge in [-0.15, -0.1) is 0 Å². The van der Waals surface area contributed by atoms with Gasteiger partial charge in [0.2, 0.25) is 11.8 Å². The standard InChI is InChI=1S/C46H58N6O7/c1-7-50-39-14-13-30-23-34(39)35(42(50)36-25-47-16-15-31(36)26-58-6)24-46(4,5)27-59-45(57)37-11-10-18-52(49-37)44(56)38(21-29-19-32(30)22-33(53)20-29)48-43(55)41(28(2)3)51-17-9-8-12-40(51)54/h13-16,19-20,22-23,25,28,37-38,41,49,53H,7-12,17-18,21,24,26-27H2,1-6H3,(H,48,55)/t37-,38-,41-/m0/s1. The number of esters is 1. The van der Waals surface area contributed by atoms with Gasteiger partial charge in [-0.1, -0.05) is 39.8 Å². The lowest BCUT2D eigenvalue weighted by molar-refractivity contribution is -0.155. The number of piperidine rings is 1. The summed E-state index contributed by atoms with van der Waals surface area (Å²) in [5.41, 5.74) is 9.98. The third-order valence-electron chi connectivity index (χ3n) is 11.9. The Labute approximate surface area is 346 Å². The van der Waals surface area contributed by atoms with Gasteiger partial charge in [0.15, 0.2) is 0 Å². The molecule has 2 fully saturated rings. The monoisotopic (exact) mass is 806 g/mol. The van der Waals surface area contributed by atoms with Gasteiger partial charge in [0.1, 0.15) is 23.9 Å². The number of rotatable bonds is 8. The Morgan fingerprint density at radius 2 is 1.88 bits per heavy atom. The number of benzene rings is 2. The molecule has 59 heavy (non-hydrogen) atoms. The molecular weight excluding hydrogens is 749 g/mol. The van der Waals surface area contributed by atoms with Crippen molar-refractivity contribution in [2.24, 2.45) is 11.3 Å². The third kappa shape index (κ3) is 8.86. The number of carbonyl (C=O) groups is 4. The minimum Gasteiger partial charge on any atom is -0.508 e. The van der Waals surface area contributed by atoms with E-state index in [-0.39, 0.29) is 30.6 Å². The summed E-state index contributed by atoms with van der Waals surface area (Å²) in [4.78, 5) is 61.8. The molecule has 2 saturated heterocycles. The van der Waals surface area contributed by atoms with Crippen molar-refractivity contribution in [2.75, 3.05) is 26.8 Å². The van der Waals surface area contributed by atoms with Gasteiger partial charge in [-0.2, -0.15) is 0 Å². The molecule has 0 aliphatic carbocycles. The first-order valence-electron chi connectivity index (χ1n) is 21.0. The number of nitrogens with one attached hydrogen (secondary N) is 2. The SMILES string of the molecule is CCn1c(-c2cnccc2COC)c2c3cc(ccc31)-c1cc(O)cc(c1)C[C@H](NC(=O)[C@H](C(C)C)N1CCCCC1=O)C(=O)N1CCC[C@H](N1)C(=O)OCC(C)(C)C2. The molecule has 5 heterocycles. The maximum absolute atomic E-state index is 14.5. The van der Waals surface area contributed by atoms with Crippen LogP contribution in [0.3, 0.4) is 0 Å². The van der Waals surface area contributed by atoms with Crippen LogP contribution in [0.5, 0.6) is 5.75 Å². The lowest BCUT2D eigenvalue weighted by Gasteiger charge is -2.38. The predicted octanol–water partition coefficient (Wildman–Crippen LogP) is 5.93. The molecule has 13 nitrogen and oxygen atoms in total. The Morgan fingerprint density at radius 3 is 2.63 bits per heavy atom. The number of ether oxygens (including phenoxy) is 2. The van der Waals surface area contributed by atoms with Crippen LogP contribution in [-0.4, -0.2) is 93.2 Å². The fourth-order valence-corrected chi connectivity index (χ4v) is 9.11. The fourth-order valence-electron chi connectivity index (χ4n) is 9.11. The van der Waals surface area contributed by atoms with Crippen molar-refractivity contribution in [3.05, 3.63) is 71.5 Å². The van der Waals surface area contributed by atoms with E-state index in [4.69, 9.17) is 9.47 Å². The van der Waals surface area contributed by atoms with Crippen molar-refractivity contribution in [1.29, 1.82) is 0 Å². The van der Waals surface area contributed by atoms with Crippen molar-refractivity contribution in [2.45, 2.75) is 111 Å². The number of carbonyl (C=O) groups excluding carboxylic acids is 4. The lowest BCUT2D eigenvalue weighted by atomic mass is 9.84. The van der Waals surface area contributed by atoms with E-state index in [1.807, 2.05) is 38.2 Å². The normalized spacial score (nSPS) is 20.7. The van der Waals surface area contributed by atoms with Gasteiger partial charge < -0.3 is 29.4 Å². The number of pyridine rings is 1. The van der Waals surface area contributed by atoms with Crippen LogP contribution in [-0.2, 0) is 54.6 Å². The molecule has 0 saturated carbocycles. The van der Waals surface area contributed by atoms with Gasteiger partial charge in [0, 0.05) is 73.9 Å². The summed E-state index contributed by atoms with van der Waals surface area (Å²) in [5, 5.41) is 16.7. The first kappa shape index (κ1) is 41.9. The van der Waals surface area contributed by atoms with Crippen LogP contribution in [0, 0.1) is 11.3 Å². The largest absolute Gasteiger partial charge is 0.508 e. The summed E-state index contributed by atoms with van der Waals surface area (Å²) in [6.45, 7) is 12.1. The summed E-state index contributed by atoms with van der Waals surface area (Å²) >= 11 is 0. The van der Waals surface area contributed by atoms with Crippen LogP contribution < -0.4 is 10.7 Å². The average molecular weight is 807 g/mol. The zero-order valence-corrected chi connectivity index (χ0v) is 35.2. The zero-order chi connectivity index (χ0) is 42.0. The van der Waals surface area contributed by atoms with E-state index in [0.29, 0.717) is 57.5 Å². The van der Waals surface area contributed by atoms with Crippen LogP contribution in [0.1, 0.15) is 83.4 Å². The first-order chi connectivity index (χ1) is 28.3. The molecule has 13 heteroatoms. The molecule has 0 radical (unpaired) electrons. The molecular formula is C46H58N6O7. The first-order valence-corrected chi connectivity index (χ1v) is 21.0. The Bertz CT molecular complexity index is 2230. The van der Waals surface area contributed by atoms with E-state index in [9.17, 15) is 24.3 Å². The third-order valence-corrected chi connectivity index (χ3v) is 11.9. The number of cyclic esters (lactones) is 1. The minimum atomic E-state index is -1.07. The number of amides is 3. The number of nitrogens with zero attached hydrogens (tertiary/aromatic N) is 4. The number of aromatic nitrogens is 2. The van der Waals surface area contributed by atoms with Crippen molar-refractivity contribution in [3.63, 3.8) is 0 Å². The highest BCUT2D eigenvalue weighted by Crippen LogP contribution is 2.41. The van der Waals surface area contributed by atoms with Crippen LogP contribution in [0.4, 0.5) is 0 Å². The topological polar surface area (TPSA) is 155 Å². The molecule has 3 aliphatic heterocycles. The van der Waals surface area contributed by atoms with Gasteiger partial charge in [-0.05, 0) is 103 Å². The molecule has 3 N–H and O–H groups in total. The number of aryl methyl sites for hydroxylation is 1. The highest BCUT2D eigenvalue weighted by atomic mass is 16.5. The summed E-state index contributed by atoms with van der Waals surface area (Å²) in [6, 6.07) is 10.9. The zero-order valence-electron chi connectivity index (χ0n) is 35.2. The number of likely N-dealkylation sites (tertiary alicyclic amines) is 1. The average Bonchev–Trinajstić information content (AvgIpc) is 3.51. The van der Waals surface area contributed by atoms with Crippen LogP contribution in [0.15, 0.2) is 54.9 Å². The van der Waals surface area contributed by atoms with E-state index in [2.05, 4.69) is 53.2 Å². The molecule has 3 amide bonds. The molecule has 3 aliphatic rings. The Morgan fingerprint density at radius 1 is 1.07 bits per heavy atom. The molecule has 7 rings (SSSR count). The summed E-state index contributed by atoms with van der Waals surface area (Å²) in [7, 11) is 1.68. The number of fused-ring (bicyclic) bond motifs is 6. The number of aromatic hydroxyl groups is 1. The fraction of sp³-hybridized carbons (Fsp3) is 0.500. The number of hydrogen-bond acceptors (Lipinski definition) is 9. The van der Waals surface area contributed by atoms with Crippen molar-refractivity contribution in [3.8, 4) is 28.1 Å². The van der Waals surface area contributed by atoms with E-state index >= 15 is 0 Å². The molecule has 0 unspecified atom stereocenters. The van der Waals surface area contributed by atoms with Gasteiger partial charge in [-0.25, -0.2) is 5.43 Å². The lowest BCUT2D eigenvalue weighted by Crippen LogP contribution is -2.62. The Hall–Kier alpha value is -5.27. The van der Waals surface area contributed by atoms with E-state index < -0.39 is 41.3 Å². The van der Waals surface area contributed by atoms with E-state index in [0.717, 1.165) is 57.3 Å². The number of phenolic OH excluding ortho intramolecular Hbond substituents is 1.